The fourth-order valence-electron chi connectivity index (χ4n) is 1.62. The van der Waals surface area contributed by atoms with Gasteiger partial charge >= 0.3 is 0 Å². The molecule has 1 aromatic rings. The molecule has 0 aromatic carbocycles. The Labute approximate surface area is 105 Å². The molecule has 1 unspecified atom stereocenters. The Morgan fingerprint density at radius 1 is 1.29 bits per heavy atom. The molecule has 1 aromatic heterocycles. The van der Waals surface area contributed by atoms with Crippen LogP contribution in [0.1, 0.15) is 6.42 Å². The first-order valence-corrected chi connectivity index (χ1v) is 5.35. The first-order valence-electron chi connectivity index (χ1n) is 4.60. The average molecular weight is 283 g/mol. The van der Waals surface area contributed by atoms with Crippen molar-refractivity contribution in [1.29, 1.82) is 0 Å². The second-order valence-electron chi connectivity index (χ2n) is 3.53. The molecule has 0 spiro atoms. The van der Waals surface area contributed by atoms with E-state index in [1.165, 1.54) is 0 Å². The Bertz CT molecular complexity index is 472. The van der Waals surface area contributed by atoms with Crippen LogP contribution in [0.2, 0.25) is 10.0 Å². The molecule has 1 N–H and O–H groups in total. The molecule has 8 heteroatoms. The molecule has 1 fully saturated rings. The van der Waals surface area contributed by atoms with Crippen LogP contribution in [0.3, 0.4) is 0 Å². The van der Waals surface area contributed by atoms with Crippen LogP contribution in [0.5, 0.6) is 0 Å². The Hall–Kier alpha value is -0.980. The summed E-state index contributed by atoms with van der Waals surface area (Å²) in [5, 5.41) is 8.21. The number of hydrogen-bond donors (Lipinski definition) is 1. The van der Waals surface area contributed by atoms with E-state index in [1.54, 1.807) is 0 Å². The molecule has 0 radical (unpaired) electrons. The van der Waals surface area contributed by atoms with Crippen LogP contribution in [-0.4, -0.2) is 28.6 Å². The molecule has 0 saturated carbocycles. The molecule has 1 amide bonds. The number of rotatable bonds is 1. The highest BCUT2D eigenvalue weighted by Crippen LogP contribution is 2.38. The van der Waals surface area contributed by atoms with Gasteiger partial charge in [0.05, 0.1) is 24.8 Å². The fraction of sp³-hybridized carbons (Fsp3) is 0.333. The van der Waals surface area contributed by atoms with Gasteiger partial charge in [0.1, 0.15) is 10.0 Å². The molecular formula is C9H6Cl2F2N2O2. The molecule has 2 rings (SSSR count). The van der Waals surface area contributed by atoms with Crippen molar-refractivity contribution in [2.75, 3.05) is 11.4 Å². The van der Waals surface area contributed by atoms with Gasteiger partial charge in [0.2, 0.25) is 17.8 Å². The number of hydrogen-bond acceptors (Lipinski definition) is 3. The number of carbonyl (C=O) groups excluding carboxylic acids is 1. The van der Waals surface area contributed by atoms with Gasteiger partial charge in [-0.2, -0.15) is 13.8 Å². The minimum absolute atomic E-state index is 0.110. The Morgan fingerprint density at radius 2 is 1.82 bits per heavy atom. The Kier molecular flexibility index (Phi) is 3.20. The number of aliphatic hydroxyl groups excluding tert-OH is 1. The van der Waals surface area contributed by atoms with Crippen molar-refractivity contribution in [2.24, 2.45) is 0 Å². The van der Waals surface area contributed by atoms with Crippen LogP contribution in [0.25, 0.3) is 0 Å². The quantitative estimate of drug-likeness (QED) is 0.799. The summed E-state index contributed by atoms with van der Waals surface area (Å²) < 4.78 is 26.3. The van der Waals surface area contributed by atoms with Gasteiger partial charge in [-0.25, -0.2) is 0 Å². The van der Waals surface area contributed by atoms with Gasteiger partial charge in [0, 0.05) is 0 Å². The number of aliphatic hydroxyl groups is 1. The summed E-state index contributed by atoms with van der Waals surface area (Å²) in [6.45, 7) is -0.110. The molecule has 0 bridgehead atoms. The van der Waals surface area contributed by atoms with E-state index < -0.39 is 34.0 Å². The molecule has 1 aliphatic rings. The van der Waals surface area contributed by atoms with E-state index in [-0.39, 0.29) is 18.7 Å². The number of carbonyl (C=O) groups is 1. The van der Waals surface area contributed by atoms with E-state index >= 15 is 0 Å². The summed E-state index contributed by atoms with van der Waals surface area (Å²) in [6.07, 6.45) is -1.05. The number of nitrogens with zero attached hydrogens (tertiary/aromatic N) is 2. The SMILES string of the molecule is O=C1CC(O)CN1c1c(Cl)c(F)nc(F)c1Cl. The van der Waals surface area contributed by atoms with Crippen molar-refractivity contribution in [3.05, 3.63) is 21.9 Å². The normalized spacial score (nSPS) is 20.2. The van der Waals surface area contributed by atoms with Gasteiger partial charge in [-0.3, -0.25) is 4.79 Å². The predicted molar refractivity (Wildman–Crippen MR) is 57.1 cm³/mol. The lowest BCUT2D eigenvalue weighted by atomic mass is 10.3. The monoisotopic (exact) mass is 282 g/mol. The van der Waals surface area contributed by atoms with Crippen molar-refractivity contribution in [2.45, 2.75) is 12.5 Å². The van der Waals surface area contributed by atoms with E-state index in [1.807, 2.05) is 0 Å². The van der Waals surface area contributed by atoms with E-state index in [9.17, 15) is 18.7 Å². The number of anilines is 1. The van der Waals surface area contributed by atoms with Crippen LogP contribution in [-0.2, 0) is 4.79 Å². The zero-order valence-corrected chi connectivity index (χ0v) is 9.77. The third kappa shape index (κ3) is 2.08. The van der Waals surface area contributed by atoms with Crippen LogP contribution in [0.15, 0.2) is 0 Å². The maximum Gasteiger partial charge on any atom is 0.236 e. The first-order chi connectivity index (χ1) is 7.91. The maximum atomic E-state index is 13.2. The molecular weight excluding hydrogens is 277 g/mol. The zero-order chi connectivity index (χ0) is 12.7. The fourth-order valence-corrected chi connectivity index (χ4v) is 2.14. The maximum absolute atomic E-state index is 13.2. The molecule has 4 nitrogen and oxygen atoms in total. The second-order valence-corrected chi connectivity index (χ2v) is 4.29. The highest BCUT2D eigenvalue weighted by Gasteiger charge is 2.34. The summed E-state index contributed by atoms with van der Waals surface area (Å²) in [7, 11) is 0. The molecule has 1 atom stereocenters. The smallest absolute Gasteiger partial charge is 0.236 e. The highest BCUT2D eigenvalue weighted by molar-refractivity contribution is 6.39. The van der Waals surface area contributed by atoms with Gasteiger partial charge in [-0.1, -0.05) is 23.2 Å². The highest BCUT2D eigenvalue weighted by atomic mass is 35.5. The number of pyridine rings is 1. The van der Waals surface area contributed by atoms with Crippen molar-refractivity contribution in [3.8, 4) is 0 Å². The second kappa shape index (κ2) is 4.36. The molecule has 17 heavy (non-hydrogen) atoms. The van der Waals surface area contributed by atoms with Crippen LogP contribution < -0.4 is 4.90 Å². The van der Waals surface area contributed by atoms with Gasteiger partial charge in [0.25, 0.3) is 0 Å². The Balaban J connectivity index is 2.55. The van der Waals surface area contributed by atoms with E-state index in [0.29, 0.717) is 0 Å². The lowest BCUT2D eigenvalue weighted by molar-refractivity contribution is -0.117. The molecule has 1 aliphatic heterocycles. The minimum atomic E-state index is -1.25. The summed E-state index contributed by atoms with van der Waals surface area (Å²) in [6, 6.07) is 0. The lowest BCUT2D eigenvalue weighted by Crippen LogP contribution is -2.26. The van der Waals surface area contributed by atoms with Crippen LogP contribution in [0.4, 0.5) is 14.5 Å². The van der Waals surface area contributed by atoms with Crippen molar-refractivity contribution >= 4 is 34.8 Å². The number of amides is 1. The van der Waals surface area contributed by atoms with Crippen LogP contribution in [0, 0.1) is 11.9 Å². The zero-order valence-electron chi connectivity index (χ0n) is 8.25. The summed E-state index contributed by atoms with van der Waals surface area (Å²) in [5.74, 6) is -3.01. The number of halogens is 4. The van der Waals surface area contributed by atoms with E-state index in [0.717, 1.165) is 4.90 Å². The topological polar surface area (TPSA) is 53.4 Å². The van der Waals surface area contributed by atoms with Crippen molar-refractivity contribution < 1.29 is 18.7 Å². The van der Waals surface area contributed by atoms with Crippen molar-refractivity contribution in [3.63, 3.8) is 0 Å². The van der Waals surface area contributed by atoms with Gasteiger partial charge in [0.15, 0.2) is 0 Å². The average Bonchev–Trinajstić information content (AvgIpc) is 2.56. The molecule has 92 valence electrons. The summed E-state index contributed by atoms with van der Waals surface area (Å²) in [5.41, 5.74) is -0.292. The van der Waals surface area contributed by atoms with Crippen molar-refractivity contribution in [1.82, 2.24) is 4.98 Å². The van der Waals surface area contributed by atoms with Gasteiger partial charge in [-0.05, 0) is 0 Å². The summed E-state index contributed by atoms with van der Waals surface area (Å²) in [4.78, 5) is 15.3. The number of aromatic nitrogens is 1. The van der Waals surface area contributed by atoms with E-state index in [4.69, 9.17) is 23.2 Å². The lowest BCUT2D eigenvalue weighted by Gasteiger charge is -2.18. The first kappa shape index (κ1) is 12.5. The summed E-state index contributed by atoms with van der Waals surface area (Å²) >= 11 is 11.2. The van der Waals surface area contributed by atoms with Crippen LogP contribution >= 0.6 is 23.2 Å². The predicted octanol–water partition coefficient (Wildman–Crippen LogP) is 1.76. The molecule has 2 heterocycles. The molecule has 0 aliphatic carbocycles. The Morgan fingerprint density at radius 3 is 2.24 bits per heavy atom. The minimum Gasteiger partial charge on any atom is -0.391 e. The standard InChI is InChI=1S/C9H6Cl2F2N2O2/c10-5-7(6(11)9(13)14-8(5)12)15-2-3(16)1-4(15)17/h3,16H,1-2H2. The largest absolute Gasteiger partial charge is 0.391 e. The third-order valence-corrected chi connectivity index (χ3v) is 3.02. The van der Waals surface area contributed by atoms with Gasteiger partial charge < -0.3 is 10.0 Å². The van der Waals surface area contributed by atoms with Gasteiger partial charge in [-0.15, -0.1) is 0 Å². The third-order valence-electron chi connectivity index (χ3n) is 2.35. The van der Waals surface area contributed by atoms with E-state index in [2.05, 4.69) is 4.98 Å². The molecule has 1 saturated heterocycles. The number of β-amino-alcohol motifs (C(OH)–C–C–N with tert-alkyl or cyclic N) is 1.